The predicted octanol–water partition coefficient (Wildman–Crippen LogP) is 18.5. The monoisotopic (exact) mass is 1890 g/mol. The van der Waals surface area contributed by atoms with Crippen LogP contribution in [0.15, 0.2) is 97.1 Å². The van der Waals surface area contributed by atoms with Gasteiger partial charge in [0.25, 0.3) is 35.1 Å². The van der Waals surface area contributed by atoms with Crippen LogP contribution in [-0.2, 0) is 19.9 Å². The molecule has 8 aliphatic rings. The first-order valence-corrected chi connectivity index (χ1v) is 46.0. The molecule has 9 atom stereocenters. The molecule has 24 nitrogen and oxygen atoms in total. The zero-order valence-electron chi connectivity index (χ0n) is 76.8. The highest BCUT2D eigenvalue weighted by molar-refractivity contribution is 6.35. The fraction of sp³-hybridized carbons (Fsp3) is 0.615. The Kier molecular flexibility index (Phi) is 39.1. The number of aliphatic hydroxyl groups excluding tert-OH is 1. The Bertz CT molecular complexity index is 4510. The van der Waals surface area contributed by atoms with Gasteiger partial charge in [0.15, 0.2) is 0 Å². The summed E-state index contributed by atoms with van der Waals surface area (Å²) in [5.74, 6) is 8.54. The van der Waals surface area contributed by atoms with Crippen molar-refractivity contribution in [1.82, 2.24) is 39.6 Å². The normalized spacial score (nSPS) is 21.4. The number of piperidine rings is 4. The molecule has 13 rings (SSSR count). The number of phenolic OH excluding ortho intramolecular Hbond substituents is 1. The molecule has 5 aromatic rings. The smallest absolute Gasteiger partial charge is 0.430 e. The van der Waals surface area contributed by atoms with Crippen molar-refractivity contribution in [3.8, 4) is 28.7 Å². The van der Waals surface area contributed by atoms with E-state index in [9.17, 15) is 51.8 Å². The summed E-state index contributed by atoms with van der Waals surface area (Å²) in [5.41, 5.74) is -3.25. The van der Waals surface area contributed by atoms with Crippen LogP contribution < -0.4 is 24.3 Å². The van der Waals surface area contributed by atoms with E-state index in [1.807, 2.05) is 57.4 Å². The molecule has 0 radical (unpaired) electrons. The Labute approximate surface area is 780 Å². The number of likely N-dealkylation sites (tertiary alicyclic amines) is 3. The van der Waals surface area contributed by atoms with Crippen molar-refractivity contribution in [3.63, 3.8) is 0 Å². The molecule has 0 spiro atoms. The van der Waals surface area contributed by atoms with Gasteiger partial charge < -0.3 is 83.4 Å². The number of benzene rings is 5. The average molecular weight is 1890 g/mol. The van der Waals surface area contributed by atoms with Crippen molar-refractivity contribution >= 4 is 101 Å². The standard InChI is InChI=1S/C29H34ClF3N2O5.C24H35ClN2O4.C19H27ClN2O2.C15H27NO3.C9H10ClNO2.ClH/c1-34(2)26(36)23-8-7-22(17-25(23)30)40-14-11-19-15-24(19)18-9-12-35(13-10-18)27(37)28(38,29(31,32)33)20-5-4-6-21(16-20)39-3;1-24(2,3)31-23(29)27-11-8-16(9-12-27)20-14-17(20)10-13-30-18-6-7-19(21(25)15-18)22(28)26(4)5;1-22(2)19(23)16-4-3-15(12-18(16)20)24-10-7-14-11-17(14)13-5-8-21-9-6-13;1-15(2,3)19-14(18)16-7-4-11(5-8-16)13-10-12(13)6-9-17;1-11(2)9(13)7-4-3-6(12)5-8(7)10;/h4-8,16-19,24,38H,9-15H2,1-3H3;6-7,15-17,20H,8-14H2,1-5H3;3-4,12-14,17,21H,5-11H2,1-2H3;11-13,17H,4-10H2,1-3H3;3-5,12H,1-2H3;1H/t19-,24-,28-;17-,20-;14-,17-;12-,13-;;/m1111../s1. The Morgan fingerprint density at radius 1 is 0.438 bits per heavy atom. The number of rotatable bonds is 25. The number of aromatic hydroxyl groups is 1. The Morgan fingerprint density at radius 2 is 0.750 bits per heavy atom. The summed E-state index contributed by atoms with van der Waals surface area (Å²) in [5, 5.41) is 33.6. The minimum atomic E-state index is -5.19. The lowest BCUT2D eigenvalue weighted by molar-refractivity contribution is -0.262. The molecule has 4 aliphatic heterocycles. The maximum Gasteiger partial charge on any atom is 0.430 e. The highest BCUT2D eigenvalue weighted by Crippen LogP contribution is 2.54. The lowest BCUT2D eigenvalue weighted by Crippen LogP contribution is -2.57. The van der Waals surface area contributed by atoms with Crippen LogP contribution in [-0.4, -0.2) is 251 Å². The van der Waals surface area contributed by atoms with Gasteiger partial charge in [0, 0.05) is 108 Å². The molecule has 0 unspecified atom stereocenters. The van der Waals surface area contributed by atoms with Crippen molar-refractivity contribution < 1.29 is 90.5 Å². The SMILES string of the molecule is CC(C)(C)OC(=O)N1CCC([C@H]2C[C@H]2CCO)CC1.CN(C)C(=O)c1ccc(O)cc1Cl.CN(C)C(=O)c1ccc(OCC[C@@H]2C[C@@H]2C2CCN(C(=O)OC(C)(C)C)CC2)cc1Cl.CN(C)C(=O)c1ccc(OCC[C@@H]2C[C@@H]2C2CCNCC2)cc1Cl.COc1cccc([C@@](O)(C(=O)N2CCC([C@H]3C[C@H]3CCOc3ccc(C(=O)N(C)C)c(Cl)c3)CC2)C(F)(F)F)c1.Cl. The molecule has 8 fully saturated rings. The highest BCUT2D eigenvalue weighted by Gasteiger charge is 2.63. The summed E-state index contributed by atoms with van der Waals surface area (Å²) in [6.07, 6.45) is 11.4. The quantitative estimate of drug-likeness (QED) is 0.0423. The van der Waals surface area contributed by atoms with E-state index in [2.05, 4.69) is 5.32 Å². The summed E-state index contributed by atoms with van der Waals surface area (Å²) in [7, 11) is 14.8. The maximum atomic E-state index is 14.1. The number of nitrogens with one attached hydrogen (secondary N) is 1. The molecule has 4 saturated carbocycles. The van der Waals surface area contributed by atoms with E-state index in [4.69, 9.17) is 85.0 Å². The summed E-state index contributed by atoms with van der Waals surface area (Å²) >= 11 is 24.5. The molecule has 5 aromatic carbocycles. The first kappa shape index (κ1) is 105. The summed E-state index contributed by atoms with van der Waals surface area (Å²) in [4.78, 5) is 95.6. The molecule has 128 heavy (non-hydrogen) atoms. The lowest BCUT2D eigenvalue weighted by atomic mass is 9.87. The number of amides is 7. The van der Waals surface area contributed by atoms with Crippen LogP contribution in [0.1, 0.15) is 191 Å². The third-order valence-electron chi connectivity index (χ3n) is 25.2. The average Bonchev–Trinajstić information content (AvgIpc) is 0.768. The predicted molar refractivity (Wildman–Crippen MR) is 494 cm³/mol. The van der Waals surface area contributed by atoms with Crippen molar-refractivity contribution in [2.75, 3.05) is 142 Å². The van der Waals surface area contributed by atoms with Crippen molar-refractivity contribution in [3.05, 3.63) is 145 Å². The molecule has 7 amide bonds. The van der Waals surface area contributed by atoms with Gasteiger partial charge in [0.05, 0.1) is 69.3 Å². The molecule has 32 heteroatoms. The number of nitrogens with zero attached hydrogens (tertiary/aromatic N) is 7. The van der Waals surface area contributed by atoms with E-state index < -0.39 is 34.5 Å². The van der Waals surface area contributed by atoms with E-state index in [0.29, 0.717) is 111 Å². The number of carbonyl (C=O) groups excluding carboxylic acids is 7. The zero-order chi connectivity index (χ0) is 93.2. The van der Waals surface area contributed by atoms with Gasteiger partial charge in [-0.3, -0.25) is 24.0 Å². The minimum absolute atomic E-state index is 0. The third-order valence-corrected chi connectivity index (χ3v) is 26.5. The summed E-state index contributed by atoms with van der Waals surface area (Å²) in [6.45, 7) is 19.5. The zero-order valence-corrected chi connectivity index (χ0v) is 80.6. The second-order valence-corrected chi connectivity index (χ2v) is 39.3. The van der Waals surface area contributed by atoms with Crippen LogP contribution in [0.3, 0.4) is 0 Å². The fourth-order valence-corrected chi connectivity index (χ4v) is 18.8. The van der Waals surface area contributed by atoms with Crippen molar-refractivity contribution in [2.45, 2.75) is 167 Å². The number of hydrogen-bond acceptors (Lipinski definition) is 17. The van der Waals surface area contributed by atoms with Gasteiger partial charge >= 0.3 is 18.4 Å². The maximum absolute atomic E-state index is 14.1. The summed E-state index contributed by atoms with van der Waals surface area (Å²) < 4.78 is 75.7. The molecule has 4 aliphatic carbocycles. The largest absolute Gasteiger partial charge is 0.508 e. The third kappa shape index (κ3) is 30.6. The first-order valence-electron chi connectivity index (χ1n) is 44.5. The van der Waals surface area contributed by atoms with Crippen LogP contribution in [0, 0.1) is 71.0 Å². The summed E-state index contributed by atoms with van der Waals surface area (Å²) in [6, 6.07) is 24.7. The van der Waals surface area contributed by atoms with E-state index in [-0.39, 0.29) is 77.8 Å². The van der Waals surface area contributed by atoms with E-state index in [0.717, 1.165) is 155 Å². The lowest BCUT2D eigenvalue weighted by Gasteiger charge is -2.38. The molecular formula is C96H134Cl5F3N8O16. The van der Waals surface area contributed by atoms with Crippen LogP contribution in [0.25, 0.3) is 0 Å². The van der Waals surface area contributed by atoms with Gasteiger partial charge in [0.2, 0.25) is 0 Å². The number of methoxy groups -OCH3 is 1. The Balaban J connectivity index is 0.000000206. The first-order chi connectivity index (χ1) is 59.9. The molecule has 0 bridgehead atoms. The number of aliphatic hydroxyl groups is 2. The van der Waals surface area contributed by atoms with Crippen molar-refractivity contribution in [1.29, 1.82) is 0 Å². The van der Waals surface area contributed by atoms with Gasteiger partial charge in [-0.2, -0.15) is 13.2 Å². The number of carbonyl (C=O) groups is 7. The Morgan fingerprint density at radius 3 is 1.05 bits per heavy atom. The van der Waals surface area contributed by atoms with Gasteiger partial charge in [-0.1, -0.05) is 58.5 Å². The highest BCUT2D eigenvalue weighted by atomic mass is 35.5. The minimum Gasteiger partial charge on any atom is -0.508 e. The van der Waals surface area contributed by atoms with Gasteiger partial charge in [-0.25, -0.2) is 9.59 Å². The second-order valence-electron chi connectivity index (χ2n) is 37.7. The molecule has 4 N–H and O–H groups in total. The van der Waals surface area contributed by atoms with Gasteiger partial charge in [-0.05, 0) is 313 Å². The fourth-order valence-electron chi connectivity index (χ4n) is 17.8. The molecular weight excluding hydrogens is 1760 g/mol. The van der Waals surface area contributed by atoms with E-state index >= 15 is 0 Å². The Hall–Kier alpha value is -7.89. The van der Waals surface area contributed by atoms with Crippen LogP contribution in [0.4, 0.5) is 22.8 Å². The van der Waals surface area contributed by atoms with Crippen molar-refractivity contribution in [2.24, 2.45) is 71.0 Å². The van der Waals surface area contributed by atoms with E-state index in [1.165, 1.54) is 102 Å². The molecule has 0 aromatic heterocycles. The van der Waals surface area contributed by atoms with Crippen LogP contribution >= 0.6 is 58.8 Å². The molecule has 710 valence electrons. The van der Waals surface area contributed by atoms with Crippen LogP contribution in [0.2, 0.25) is 20.1 Å². The topological polar surface area (TPSA) is 270 Å². The second kappa shape index (κ2) is 47.5. The number of phenols is 1. The van der Waals surface area contributed by atoms with Gasteiger partial charge in [0.1, 0.15) is 39.9 Å². The van der Waals surface area contributed by atoms with Gasteiger partial charge in [-0.15, -0.1) is 12.4 Å². The number of alkyl halides is 3. The number of ether oxygens (including phenoxy) is 6. The molecule has 4 heterocycles. The van der Waals surface area contributed by atoms with E-state index in [1.54, 1.807) is 105 Å². The van der Waals surface area contributed by atoms with Crippen LogP contribution in [0.5, 0.6) is 28.7 Å². The number of halogens is 8. The number of hydrogen-bond donors (Lipinski definition) is 4. The molecule has 4 saturated heterocycles.